The van der Waals surface area contributed by atoms with Gasteiger partial charge in [0.05, 0.1) is 0 Å². The van der Waals surface area contributed by atoms with E-state index < -0.39 is 0 Å². The predicted molar refractivity (Wildman–Crippen MR) is 72.0 cm³/mol. The van der Waals surface area contributed by atoms with E-state index in [-0.39, 0.29) is 11.8 Å². The number of carbonyl (C=O) groups excluding carboxylic acids is 1. The van der Waals surface area contributed by atoms with Gasteiger partial charge < -0.3 is 5.32 Å². The fraction of sp³-hybridized carbons (Fsp3) is 0.429. The largest absolute Gasteiger partial charge is 0.355 e. The fourth-order valence-electron chi connectivity index (χ4n) is 1.53. The van der Waals surface area contributed by atoms with Crippen LogP contribution in [-0.2, 0) is 4.79 Å². The second-order valence-electron chi connectivity index (χ2n) is 4.65. The van der Waals surface area contributed by atoms with E-state index in [1.54, 1.807) is 0 Å². The molecule has 3 heteroatoms. The number of hydrogen-bond donors (Lipinski definition) is 1. The van der Waals surface area contributed by atoms with E-state index in [1.165, 1.54) is 0 Å². The number of carbonyl (C=O) groups is 1. The third-order valence-electron chi connectivity index (χ3n) is 2.48. The van der Waals surface area contributed by atoms with E-state index in [1.807, 2.05) is 38.1 Å². The van der Waals surface area contributed by atoms with Crippen LogP contribution < -0.4 is 5.32 Å². The molecule has 1 atom stereocenters. The van der Waals surface area contributed by atoms with Gasteiger partial charge in [0, 0.05) is 23.9 Å². The van der Waals surface area contributed by atoms with Crippen LogP contribution in [0.2, 0.25) is 5.02 Å². The maximum atomic E-state index is 11.5. The van der Waals surface area contributed by atoms with Gasteiger partial charge in [0.25, 0.3) is 0 Å². The van der Waals surface area contributed by atoms with Gasteiger partial charge in [0.15, 0.2) is 0 Å². The molecule has 17 heavy (non-hydrogen) atoms. The number of halogens is 1. The Kier molecular flexibility index (Phi) is 5.49. The van der Waals surface area contributed by atoms with Crippen molar-refractivity contribution < 1.29 is 4.79 Å². The van der Waals surface area contributed by atoms with Crippen LogP contribution in [0.3, 0.4) is 0 Å². The summed E-state index contributed by atoms with van der Waals surface area (Å²) >= 11 is 5.81. The molecule has 0 spiro atoms. The Balaban J connectivity index is 2.42. The van der Waals surface area contributed by atoms with Crippen molar-refractivity contribution in [3.63, 3.8) is 0 Å². The lowest BCUT2D eigenvalue weighted by Crippen LogP contribution is -2.28. The lowest BCUT2D eigenvalue weighted by molar-refractivity contribution is -0.121. The first-order chi connectivity index (χ1) is 7.99. The lowest BCUT2D eigenvalue weighted by atomic mass is 10.0. The first kappa shape index (κ1) is 14.0. The van der Waals surface area contributed by atoms with Crippen molar-refractivity contribution in [3.8, 4) is 0 Å². The minimum Gasteiger partial charge on any atom is -0.355 e. The smallest absolute Gasteiger partial charge is 0.220 e. The molecular weight excluding hydrogens is 234 g/mol. The zero-order valence-electron chi connectivity index (χ0n) is 10.4. The zero-order chi connectivity index (χ0) is 12.8. The summed E-state index contributed by atoms with van der Waals surface area (Å²) in [5.74, 6) is 0.528. The summed E-state index contributed by atoms with van der Waals surface area (Å²) in [5, 5.41) is 3.61. The highest BCUT2D eigenvalue weighted by molar-refractivity contribution is 6.30. The standard InChI is InChI=1S/C14H19ClNO/c1-10(2)8-14(17)16-9-11(3)12-4-6-13(15)7-5-12/h4-7,10-11H,3,8-9H2,1-2H3,(H,16,17). The molecule has 0 heterocycles. The van der Waals surface area contributed by atoms with E-state index in [4.69, 9.17) is 11.6 Å². The molecule has 0 aliphatic rings. The van der Waals surface area contributed by atoms with Gasteiger partial charge in [-0.25, -0.2) is 0 Å². The molecule has 0 fully saturated rings. The van der Waals surface area contributed by atoms with Gasteiger partial charge in [-0.15, -0.1) is 0 Å². The van der Waals surface area contributed by atoms with Gasteiger partial charge in [-0.2, -0.15) is 0 Å². The number of hydrogen-bond acceptors (Lipinski definition) is 1. The highest BCUT2D eigenvalue weighted by Gasteiger charge is 2.09. The molecule has 1 aromatic rings. The van der Waals surface area contributed by atoms with E-state index in [9.17, 15) is 4.79 Å². The average molecular weight is 253 g/mol. The Morgan fingerprint density at radius 1 is 1.35 bits per heavy atom. The second-order valence-corrected chi connectivity index (χ2v) is 5.09. The van der Waals surface area contributed by atoms with E-state index in [2.05, 4.69) is 12.2 Å². The van der Waals surface area contributed by atoms with Crippen LogP contribution in [0.5, 0.6) is 0 Å². The molecular formula is C14H19ClNO. The van der Waals surface area contributed by atoms with Gasteiger partial charge in [0.2, 0.25) is 5.91 Å². The third kappa shape index (κ3) is 5.22. The molecule has 93 valence electrons. The van der Waals surface area contributed by atoms with E-state index in [0.29, 0.717) is 23.9 Å². The quantitative estimate of drug-likeness (QED) is 0.855. The predicted octanol–water partition coefficient (Wildman–Crippen LogP) is 3.42. The van der Waals surface area contributed by atoms with Crippen molar-refractivity contribution in [3.05, 3.63) is 41.8 Å². The molecule has 1 aromatic carbocycles. The SMILES string of the molecule is [CH2]C(CNC(=O)CC(C)C)c1ccc(Cl)cc1. The van der Waals surface area contributed by atoms with Gasteiger partial charge in [0.1, 0.15) is 0 Å². The molecule has 0 aliphatic carbocycles. The van der Waals surface area contributed by atoms with Crippen LogP contribution in [0.4, 0.5) is 0 Å². The van der Waals surface area contributed by atoms with Crippen molar-refractivity contribution in [1.82, 2.24) is 5.32 Å². The van der Waals surface area contributed by atoms with Gasteiger partial charge in [-0.3, -0.25) is 4.79 Å². The molecule has 1 amide bonds. The Hall–Kier alpha value is -1.02. The Morgan fingerprint density at radius 2 is 1.94 bits per heavy atom. The van der Waals surface area contributed by atoms with Crippen LogP contribution >= 0.6 is 11.6 Å². The number of rotatable bonds is 5. The first-order valence-electron chi connectivity index (χ1n) is 5.84. The zero-order valence-corrected chi connectivity index (χ0v) is 11.1. The van der Waals surface area contributed by atoms with Gasteiger partial charge in [-0.1, -0.05) is 37.6 Å². The van der Waals surface area contributed by atoms with Crippen molar-refractivity contribution in [2.45, 2.75) is 26.2 Å². The minimum absolute atomic E-state index is 0.0587. The summed E-state index contributed by atoms with van der Waals surface area (Å²) < 4.78 is 0. The van der Waals surface area contributed by atoms with Crippen molar-refractivity contribution in [1.29, 1.82) is 0 Å². The maximum Gasteiger partial charge on any atom is 0.220 e. The molecule has 0 saturated carbocycles. The van der Waals surface area contributed by atoms with Crippen LogP contribution in [0.1, 0.15) is 31.7 Å². The number of amides is 1. The summed E-state index contributed by atoms with van der Waals surface area (Å²) in [6.07, 6.45) is 0.563. The van der Waals surface area contributed by atoms with E-state index in [0.717, 1.165) is 5.56 Å². The summed E-state index contributed by atoms with van der Waals surface area (Å²) in [5.41, 5.74) is 1.08. The molecule has 1 rings (SSSR count). The molecule has 1 unspecified atom stereocenters. The fourth-order valence-corrected chi connectivity index (χ4v) is 1.66. The number of benzene rings is 1. The van der Waals surface area contributed by atoms with Crippen molar-refractivity contribution in [2.75, 3.05) is 6.54 Å². The van der Waals surface area contributed by atoms with Crippen LogP contribution in [-0.4, -0.2) is 12.5 Å². The second kappa shape index (κ2) is 6.65. The summed E-state index contributed by atoms with van der Waals surface area (Å²) in [7, 11) is 0. The van der Waals surface area contributed by atoms with Crippen LogP contribution in [0.25, 0.3) is 0 Å². The molecule has 0 bridgehead atoms. The molecule has 0 aliphatic heterocycles. The molecule has 0 aromatic heterocycles. The Morgan fingerprint density at radius 3 is 2.47 bits per heavy atom. The van der Waals surface area contributed by atoms with Crippen molar-refractivity contribution >= 4 is 17.5 Å². The summed E-state index contributed by atoms with van der Waals surface area (Å²) in [4.78, 5) is 11.5. The topological polar surface area (TPSA) is 29.1 Å². The molecule has 1 radical (unpaired) electrons. The summed E-state index contributed by atoms with van der Waals surface area (Å²) in [6, 6.07) is 7.55. The normalized spacial score (nSPS) is 12.5. The van der Waals surface area contributed by atoms with Crippen LogP contribution in [0.15, 0.2) is 24.3 Å². The van der Waals surface area contributed by atoms with Crippen LogP contribution in [0, 0.1) is 12.8 Å². The average Bonchev–Trinajstić information content (AvgIpc) is 2.26. The minimum atomic E-state index is 0.0587. The maximum absolute atomic E-state index is 11.5. The number of nitrogens with one attached hydrogen (secondary N) is 1. The molecule has 2 nitrogen and oxygen atoms in total. The third-order valence-corrected chi connectivity index (χ3v) is 2.73. The molecule has 0 saturated heterocycles. The van der Waals surface area contributed by atoms with Gasteiger partial charge in [-0.05, 0) is 30.5 Å². The summed E-state index contributed by atoms with van der Waals surface area (Å²) in [6.45, 7) is 8.65. The Bertz CT molecular complexity index is 359. The highest BCUT2D eigenvalue weighted by Crippen LogP contribution is 2.17. The molecule has 1 N–H and O–H groups in total. The Labute approximate surface area is 108 Å². The monoisotopic (exact) mass is 252 g/mol. The van der Waals surface area contributed by atoms with Gasteiger partial charge >= 0.3 is 0 Å². The lowest BCUT2D eigenvalue weighted by Gasteiger charge is -2.13. The van der Waals surface area contributed by atoms with Crippen molar-refractivity contribution in [2.24, 2.45) is 5.92 Å². The first-order valence-corrected chi connectivity index (χ1v) is 6.22. The highest BCUT2D eigenvalue weighted by atomic mass is 35.5. The van der Waals surface area contributed by atoms with E-state index >= 15 is 0 Å².